The fourth-order valence-electron chi connectivity index (χ4n) is 7.37. The van der Waals surface area contributed by atoms with Gasteiger partial charge in [-0.05, 0) is 57.3 Å². The highest BCUT2D eigenvalue weighted by atomic mass is 16.4. The first kappa shape index (κ1) is 19.8. The minimum atomic E-state index is -1.71. The predicted octanol–water partition coefficient (Wildman–Crippen LogP) is 0.623. The fourth-order valence-corrected chi connectivity index (χ4v) is 7.37. The molecule has 3 fully saturated rings. The molecule has 0 heterocycles. The molecule has 4 rings (SSSR count). The molecule has 4 aliphatic rings. The van der Waals surface area contributed by atoms with Gasteiger partial charge in [0.05, 0.1) is 23.7 Å². The van der Waals surface area contributed by atoms with Crippen LogP contribution in [0, 0.1) is 16.7 Å². The van der Waals surface area contributed by atoms with Crippen molar-refractivity contribution in [3.05, 3.63) is 11.6 Å². The van der Waals surface area contributed by atoms with Crippen LogP contribution in [0.3, 0.4) is 0 Å². The van der Waals surface area contributed by atoms with Crippen molar-refractivity contribution in [2.24, 2.45) is 16.7 Å². The summed E-state index contributed by atoms with van der Waals surface area (Å²) in [4.78, 5) is 0. The van der Waals surface area contributed by atoms with Crippen molar-refractivity contribution in [3.63, 3.8) is 0 Å². The van der Waals surface area contributed by atoms with Gasteiger partial charge < -0.3 is 30.6 Å². The van der Waals surface area contributed by atoms with Gasteiger partial charge in [-0.1, -0.05) is 25.5 Å². The second-order valence-electron chi connectivity index (χ2n) is 10.1. The molecule has 0 saturated heterocycles. The average Bonchev–Trinajstić information content (AvgIpc) is 2.83. The zero-order valence-electron chi connectivity index (χ0n) is 16.5. The first-order valence-electron chi connectivity index (χ1n) is 10.3. The van der Waals surface area contributed by atoms with E-state index in [1.165, 1.54) is 6.92 Å². The molecule has 0 aromatic heterocycles. The van der Waals surface area contributed by atoms with Crippen LogP contribution in [0.5, 0.6) is 0 Å². The first-order chi connectivity index (χ1) is 12.4. The lowest BCUT2D eigenvalue weighted by molar-refractivity contribution is -0.325. The Morgan fingerprint density at radius 2 is 1.74 bits per heavy atom. The van der Waals surface area contributed by atoms with Crippen molar-refractivity contribution in [1.29, 1.82) is 0 Å². The highest BCUT2D eigenvalue weighted by molar-refractivity contribution is 5.36. The van der Waals surface area contributed by atoms with Crippen LogP contribution < -0.4 is 0 Å². The van der Waals surface area contributed by atoms with Crippen molar-refractivity contribution in [2.75, 3.05) is 0 Å². The molecule has 0 aromatic carbocycles. The summed E-state index contributed by atoms with van der Waals surface area (Å²) in [5.74, 6) is -0.373. The third-order valence-electron chi connectivity index (χ3n) is 9.35. The molecule has 0 spiro atoms. The Bertz CT molecular complexity index is 678. The predicted molar refractivity (Wildman–Crippen MR) is 98.6 cm³/mol. The van der Waals surface area contributed by atoms with Crippen molar-refractivity contribution < 1.29 is 30.6 Å². The average molecular weight is 382 g/mol. The minimum Gasteiger partial charge on any atom is -0.393 e. The first-order valence-corrected chi connectivity index (χ1v) is 10.3. The van der Waals surface area contributed by atoms with E-state index in [0.717, 1.165) is 5.57 Å². The fraction of sp³-hybridized carbons (Fsp3) is 0.905. The molecule has 0 amide bonds. The van der Waals surface area contributed by atoms with Gasteiger partial charge in [0.15, 0.2) is 0 Å². The molecular weight excluding hydrogens is 348 g/mol. The van der Waals surface area contributed by atoms with Gasteiger partial charge in [0.1, 0.15) is 16.8 Å². The van der Waals surface area contributed by atoms with E-state index in [0.29, 0.717) is 19.3 Å². The summed E-state index contributed by atoms with van der Waals surface area (Å²) < 4.78 is 0. The van der Waals surface area contributed by atoms with Crippen molar-refractivity contribution in [2.45, 2.75) is 101 Å². The Labute approximate surface area is 160 Å². The maximum absolute atomic E-state index is 11.9. The number of fused-ring (bicyclic) bond motifs is 5. The number of rotatable bonds is 1. The quantitative estimate of drug-likeness (QED) is 0.370. The van der Waals surface area contributed by atoms with E-state index < -0.39 is 39.8 Å². The Morgan fingerprint density at radius 1 is 1.07 bits per heavy atom. The molecule has 3 saturated carbocycles. The van der Waals surface area contributed by atoms with Crippen LogP contribution in [0.2, 0.25) is 0 Å². The van der Waals surface area contributed by atoms with Crippen molar-refractivity contribution >= 4 is 0 Å². The summed E-state index contributed by atoms with van der Waals surface area (Å²) in [5.41, 5.74) is -5.63. The molecule has 9 atom stereocenters. The molecule has 6 nitrogen and oxygen atoms in total. The van der Waals surface area contributed by atoms with Gasteiger partial charge in [0.2, 0.25) is 0 Å². The lowest BCUT2D eigenvalue weighted by atomic mass is 9.42. The Balaban J connectivity index is 1.86. The topological polar surface area (TPSA) is 121 Å². The maximum Gasteiger partial charge on any atom is 0.105 e. The number of hydrogen-bond donors (Lipinski definition) is 6. The molecule has 6 heteroatoms. The molecule has 154 valence electrons. The monoisotopic (exact) mass is 382 g/mol. The summed E-state index contributed by atoms with van der Waals surface area (Å²) in [6.45, 7) is 5.15. The summed E-state index contributed by atoms with van der Waals surface area (Å²) in [6, 6.07) is 0. The van der Waals surface area contributed by atoms with E-state index in [2.05, 4.69) is 6.92 Å². The molecule has 6 N–H and O–H groups in total. The van der Waals surface area contributed by atoms with Gasteiger partial charge >= 0.3 is 0 Å². The lowest BCUT2D eigenvalue weighted by Crippen LogP contribution is -2.78. The van der Waals surface area contributed by atoms with Gasteiger partial charge in [0, 0.05) is 5.92 Å². The molecule has 0 bridgehead atoms. The third kappa shape index (κ3) is 2.02. The zero-order chi connectivity index (χ0) is 20.0. The summed E-state index contributed by atoms with van der Waals surface area (Å²) >= 11 is 0. The van der Waals surface area contributed by atoms with Gasteiger partial charge in [-0.2, -0.15) is 0 Å². The third-order valence-corrected chi connectivity index (χ3v) is 9.35. The molecule has 27 heavy (non-hydrogen) atoms. The minimum absolute atomic E-state index is 0.121. The van der Waals surface area contributed by atoms with Gasteiger partial charge in [-0.15, -0.1) is 0 Å². The smallest absolute Gasteiger partial charge is 0.105 e. The van der Waals surface area contributed by atoms with E-state index in [9.17, 15) is 30.6 Å². The van der Waals surface area contributed by atoms with E-state index in [1.54, 1.807) is 6.92 Å². The molecule has 4 aliphatic carbocycles. The van der Waals surface area contributed by atoms with Crippen LogP contribution in [0.4, 0.5) is 0 Å². The standard InChI is InChI=1S/C21H34O6/c1-12(22)19(25)8-9-21(27)18(19,3)16(24)11-15-17(2)6-5-14(23)10-13(17)4-7-20(15,21)26/h4,12,14-16,22-27H,5-11H2,1-3H3/t12?,14-,15?,16+,17?,18?,19?,20?,21+/m0/s1. The number of hydrogen-bond acceptors (Lipinski definition) is 6. The van der Waals surface area contributed by atoms with E-state index in [4.69, 9.17) is 0 Å². The lowest BCUT2D eigenvalue weighted by Gasteiger charge is -2.67. The van der Waals surface area contributed by atoms with E-state index in [1.807, 2.05) is 6.08 Å². The summed E-state index contributed by atoms with van der Waals surface area (Å²) in [6.07, 6.45) is 1.96. The number of aliphatic hydroxyl groups is 6. The second-order valence-corrected chi connectivity index (χ2v) is 10.1. The Kier molecular flexibility index (Phi) is 4.07. The largest absolute Gasteiger partial charge is 0.393 e. The number of aliphatic hydroxyl groups excluding tert-OH is 3. The molecule has 0 aliphatic heterocycles. The van der Waals surface area contributed by atoms with Crippen LogP contribution in [-0.2, 0) is 0 Å². The molecular formula is C21H34O6. The van der Waals surface area contributed by atoms with Gasteiger partial charge in [-0.3, -0.25) is 0 Å². The van der Waals surface area contributed by atoms with E-state index >= 15 is 0 Å². The van der Waals surface area contributed by atoms with Crippen LogP contribution in [-0.4, -0.2) is 65.8 Å². The summed E-state index contributed by atoms with van der Waals surface area (Å²) in [7, 11) is 0. The van der Waals surface area contributed by atoms with Crippen LogP contribution in [0.25, 0.3) is 0 Å². The SMILES string of the molecule is CC(O)C1(O)CC[C@]2(O)C3(O)CC=C4C[C@@H](O)CCC4(C)C3C[C@@H](O)C12C. The Hall–Kier alpha value is -0.500. The maximum atomic E-state index is 11.9. The molecule has 0 aromatic rings. The Morgan fingerprint density at radius 3 is 2.37 bits per heavy atom. The van der Waals surface area contributed by atoms with Gasteiger partial charge in [-0.25, -0.2) is 0 Å². The van der Waals surface area contributed by atoms with Crippen molar-refractivity contribution in [1.82, 2.24) is 0 Å². The second kappa shape index (κ2) is 5.55. The molecule has 0 radical (unpaired) electrons. The van der Waals surface area contributed by atoms with Gasteiger partial charge in [0.25, 0.3) is 0 Å². The summed E-state index contributed by atoms with van der Waals surface area (Å²) in [5, 5.41) is 66.6. The zero-order valence-corrected chi connectivity index (χ0v) is 16.5. The van der Waals surface area contributed by atoms with Crippen LogP contribution in [0.15, 0.2) is 11.6 Å². The normalized spacial score (nSPS) is 58.7. The van der Waals surface area contributed by atoms with E-state index in [-0.39, 0.29) is 37.7 Å². The van der Waals surface area contributed by atoms with Crippen LogP contribution >= 0.6 is 0 Å². The highest BCUT2D eigenvalue weighted by Crippen LogP contribution is 2.70. The van der Waals surface area contributed by atoms with Crippen LogP contribution in [0.1, 0.15) is 65.7 Å². The van der Waals surface area contributed by atoms with Crippen molar-refractivity contribution in [3.8, 4) is 0 Å². The molecule has 6 unspecified atom stereocenters. The highest BCUT2D eigenvalue weighted by Gasteiger charge is 2.80.